The normalized spacial score (nSPS) is 11.1. The van der Waals surface area contributed by atoms with Crippen LogP contribution in [-0.2, 0) is 6.54 Å². The van der Waals surface area contributed by atoms with Gasteiger partial charge in [0.15, 0.2) is 0 Å². The molecule has 0 saturated carbocycles. The molecular weight excluding hydrogens is 302 g/mol. The van der Waals surface area contributed by atoms with Crippen molar-refractivity contribution < 1.29 is 0 Å². The first-order chi connectivity index (χ1) is 12.4. The fraction of sp³-hybridized carbons (Fsp3) is 0.167. The Morgan fingerprint density at radius 3 is 2.08 bits per heavy atom. The van der Waals surface area contributed by atoms with Gasteiger partial charge in [0.05, 0.1) is 0 Å². The number of aryl methyl sites for hydroxylation is 1. The Hall–Kier alpha value is -2.80. The lowest BCUT2D eigenvalue weighted by Gasteiger charge is -2.11. The van der Waals surface area contributed by atoms with Gasteiger partial charge in [0, 0.05) is 23.1 Å². The number of nitrogens with zero attached hydrogens (tertiary/aromatic N) is 1. The Bertz CT molecular complexity index is 962. The highest BCUT2D eigenvalue weighted by atomic mass is 15.0. The van der Waals surface area contributed by atoms with E-state index in [1.54, 1.807) is 0 Å². The Kier molecular flexibility index (Phi) is 4.39. The van der Waals surface area contributed by atoms with E-state index in [9.17, 15) is 0 Å². The summed E-state index contributed by atoms with van der Waals surface area (Å²) in [6, 6.07) is 30.5. The zero-order valence-corrected chi connectivity index (χ0v) is 14.7. The Morgan fingerprint density at radius 2 is 1.32 bits per heavy atom. The fourth-order valence-electron chi connectivity index (χ4n) is 3.47. The maximum absolute atomic E-state index is 2.47. The van der Waals surface area contributed by atoms with Crippen LogP contribution >= 0.6 is 0 Å². The van der Waals surface area contributed by atoms with Crippen molar-refractivity contribution in [2.45, 2.75) is 26.3 Å². The molecule has 1 nitrogen and oxygen atoms in total. The first-order valence-corrected chi connectivity index (χ1v) is 9.11. The summed E-state index contributed by atoms with van der Waals surface area (Å²) >= 11 is 0. The monoisotopic (exact) mass is 325 g/mol. The van der Waals surface area contributed by atoms with E-state index in [0.29, 0.717) is 0 Å². The van der Waals surface area contributed by atoms with Crippen molar-refractivity contribution in [3.05, 3.63) is 84.9 Å². The molecule has 0 unspecified atom stereocenters. The van der Waals surface area contributed by atoms with Crippen molar-refractivity contribution in [2.24, 2.45) is 0 Å². The van der Waals surface area contributed by atoms with Crippen molar-refractivity contribution >= 4 is 10.9 Å². The van der Waals surface area contributed by atoms with Gasteiger partial charge < -0.3 is 4.57 Å². The van der Waals surface area contributed by atoms with Crippen molar-refractivity contribution in [2.75, 3.05) is 0 Å². The lowest BCUT2D eigenvalue weighted by molar-refractivity contribution is 0.654. The predicted molar refractivity (Wildman–Crippen MR) is 108 cm³/mol. The highest BCUT2D eigenvalue weighted by Crippen LogP contribution is 2.30. The van der Waals surface area contributed by atoms with Gasteiger partial charge in [-0.3, -0.25) is 0 Å². The summed E-state index contributed by atoms with van der Waals surface area (Å²) in [4.78, 5) is 0. The second-order valence-corrected chi connectivity index (χ2v) is 6.54. The average Bonchev–Trinajstić information content (AvgIpc) is 3.06. The second kappa shape index (κ2) is 6.98. The van der Waals surface area contributed by atoms with E-state index in [-0.39, 0.29) is 0 Å². The molecule has 0 radical (unpaired) electrons. The maximum atomic E-state index is 2.47. The number of unbranched alkanes of at least 4 members (excludes halogenated alkanes) is 1. The van der Waals surface area contributed by atoms with Crippen LogP contribution in [0, 0.1) is 0 Å². The molecule has 1 heterocycles. The summed E-state index contributed by atoms with van der Waals surface area (Å²) in [6.07, 6.45) is 2.41. The zero-order valence-electron chi connectivity index (χ0n) is 14.7. The average molecular weight is 325 g/mol. The molecule has 0 atom stereocenters. The van der Waals surface area contributed by atoms with Gasteiger partial charge in [0.1, 0.15) is 0 Å². The van der Waals surface area contributed by atoms with E-state index < -0.39 is 0 Å². The van der Waals surface area contributed by atoms with Crippen molar-refractivity contribution in [1.29, 1.82) is 0 Å². The summed E-state index contributed by atoms with van der Waals surface area (Å²) in [5, 5.41) is 1.32. The van der Waals surface area contributed by atoms with Gasteiger partial charge in [-0.15, -0.1) is 0 Å². The number of fused-ring (bicyclic) bond motifs is 1. The van der Waals surface area contributed by atoms with Gasteiger partial charge in [0.25, 0.3) is 0 Å². The van der Waals surface area contributed by atoms with Crippen molar-refractivity contribution in [3.63, 3.8) is 0 Å². The number of hydrogen-bond donors (Lipinski definition) is 0. The van der Waals surface area contributed by atoms with Crippen LogP contribution in [0.2, 0.25) is 0 Å². The van der Waals surface area contributed by atoms with Gasteiger partial charge in [-0.25, -0.2) is 0 Å². The highest BCUT2D eigenvalue weighted by Gasteiger charge is 2.10. The fourth-order valence-corrected chi connectivity index (χ4v) is 3.47. The molecule has 3 aromatic carbocycles. The van der Waals surface area contributed by atoms with Crippen molar-refractivity contribution in [3.8, 4) is 22.4 Å². The molecule has 0 bridgehead atoms. The Labute approximate surface area is 149 Å². The van der Waals surface area contributed by atoms with Crippen molar-refractivity contribution in [1.82, 2.24) is 4.57 Å². The molecule has 4 aromatic rings. The summed E-state index contributed by atoms with van der Waals surface area (Å²) in [5.74, 6) is 0. The molecule has 25 heavy (non-hydrogen) atoms. The Balaban J connectivity index is 1.76. The lowest BCUT2D eigenvalue weighted by Crippen LogP contribution is -1.99. The number of para-hydroxylation sites is 1. The smallest absolute Gasteiger partial charge is 0.0491 e. The number of hydrogen-bond acceptors (Lipinski definition) is 0. The number of aromatic nitrogens is 1. The van der Waals surface area contributed by atoms with Crippen LogP contribution in [0.1, 0.15) is 19.8 Å². The summed E-state index contributed by atoms with van der Waals surface area (Å²) in [7, 11) is 0. The van der Waals surface area contributed by atoms with Crippen LogP contribution in [0.25, 0.3) is 33.3 Å². The van der Waals surface area contributed by atoms with Gasteiger partial charge in [-0.1, -0.05) is 86.1 Å². The van der Waals surface area contributed by atoms with E-state index in [0.717, 1.165) is 6.54 Å². The first kappa shape index (κ1) is 15.7. The summed E-state index contributed by atoms with van der Waals surface area (Å²) < 4.78 is 2.47. The summed E-state index contributed by atoms with van der Waals surface area (Å²) in [6.45, 7) is 3.32. The second-order valence-electron chi connectivity index (χ2n) is 6.54. The summed E-state index contributed by atoms with van der Waals surface area (Å²) in [5.41, 5.74) is 6.46. The molecule has 0 N–H and O–H groups in total. The molecular formula is C24H23N. The predicted octanol–water partition coefficient (Wildman–Crippen LogP) is 6.78. The third-order valence-electron chi connectivity index (χ3n) is 4.83. The minimum atomic E-state index is 1.07. The van der Waals surface area contributed by atoms with Gasteiger partial charge in [0.2, 0.25) is 0 Å². The van der Waals surface area contributed by atoms with Gasteiger partial charge >= 0.3 is 0 Å². The molecule has 0 fully saturated rings. The quantitative estimate of drug-likeness (QED) is 0.381. The van der Waals surface area contributed by atoms with Crippen LogP contribution < -0.4 is 0 Å². The molecule has 124 valence electrons. The standard InChI is InChI=1S/C24H23N/c1-2-3-17-25-23-12-8-7-11-22(23)18-24(25)21-15-13-20(14-16-21)19-9-5-4-6-10-19/h4-16,18H,2-3,17H2,1H3. The molecule has 0 aliphatic rings. The van der Waals surface area contributed by atoms with Gasteiger partial charge in [-0.2, -0.15) is 0 Å². The van der Waals surface area contributed by atoms with E-state index >= 15 is 0 Å². The van der Waals surface area contributed by atoms with E-state index in [1.807, 2.05) is 0 Å². The van der Waals surface area contributed by atoms with Crippen LogP contribution in [0.15, 0.2) is 84.9 Å². The van der Waals surface area contributed by atoms with Crippen LogP contribution in [0.4, 0.5) is 0 Å². The third-order valence-corrected chi connectivity index (χ3v) is 4.83. The van der Waals surface area contributed by atoms with E-state index in [4.69, 9.17) is 0 Å². The Morgan fingerprint density at radius 1 is 0.680 bits per heavy atom. The molecule has 1 aromatic heterocycles. The molecule has 1 heteroatoms. The third kappa shape index (κ3) is 3.10. The van der Waals surface area contributed by atoms with E-state index in [1.165, 1.54) is 46.1 Å². The molecule has 4 rings (SSSR count). The SMILES string of the molecule is CCCCn1c(-c2ccc(-c3ccccc3)cc2)cc2ccccc21. The van der Waals surface area contributed by atoms with Crippen LogP contribution in [-0.4, -0.2) is 4.57 Å². The zero-order chi connectivity index (χ0) is 17.1. The number of rotatable bonds is 5. The topological polar surface area (TPSA) is 4.93 Å². The molecule has 0 amide bonds. The largest absolute Gasteiger partial charge is 0.340 e. The first-order valence-electron chi connectivity index (χ1n) is 9.11. The number of benzene rings is 3. The van der Waals surface area contributed by atoms with E-state index in [2.05, 4.69) is 96.4 Å². The minimum absolute atomic E-state index is 1.07. The molecule has 0 aliphatic carbocycles. The molecule has 0 spiro atoms. The maximum Gasteiger partial charge on any atom is 0.0491 e. The molecule has 0 saturated heterocycles. The lowest BCUT2D eigenvalue weighted by atomic mass is 10.0. The van der Waals surface area contributed by atoms with Crippen LogP contribution in [0.3, 0.4) is 0 Å². The molecule has 0 aliphatic heterocycles. The highest BCUT2D eigenvalue weighted by molar-refractivity contribution is 5.87. The minimum Gasteiger partial charge on any atom is -0.340 e. The van der Waals surface area contributed by atoms with Crippen LogP contribution in [0.5, 0.6) is 0 Å². The van der Waals surface area contributed by atoms with Gasteiger partial charge in [-0.05, 0) is 35.2 Å².